The molecule has 6 heteroatoms. The Balaban J connectivity index is 1.56. The highest BCUT2D eigenvalue weighted by molar-refractivity contribution is 5.76. The lowest BCUT2D eigenvalue weighted by Gasteiger charge is -2.36. The van der Waals surface area contributed by atoms with Crippen molar-refractivity contribution in [2.24, 2.45) is 5.92 Å². The van der Waals surface area contributed by atoms with Gasteiger partial charge in [0.1, 0.15) is 6.04 Å². The van der Waals surface area contributed by atoms with Crippen LogP contribution in [-0.4, -0.2) is 45.0 Å². The second-order valence-electron chi connectivity index (χ2n) is 6.71. The molecule has 0 saturated carbocycles. The van der Waals surface area contributed by atoms with Gasteiger partial charge in [0.25, 0.3) is 0 Å². The van der Waals surface area contributed by atoms with Gasteiger partial charge in [0.05, 0.1) is 7.11 Å². The van der Waals surface area contributed by atoms with Crippen molar-refractivity contribution < 1.29 is 19.0 Å². The van der Waals surface area contributed by atoms with Crippen LogP contribution in [0.2, 0.25) is 0 Å². The van der Waals surface area contributed by atoms with Crippen molar-refractivity contribution in [2.45, 2.75) is 38.8 Å². The van der Waals surface area contributed by atoms with Gasteiger partial charge in [0.15, 0.2) is 11.5 Å². The smallest absolute Gasteiger partial charge is 0.323 e. The van der Waals surface area contributed by atoms with Gasteiger partial charge in [-0.05, 0) is 30.9 Å². The zero-order chi connectivity index (χ0) is 17.1. The summed E-state index contributed by atoms with van der Waals surface area (Å²) < 4.78 is 15.7. The molecule has 0 unspecified atom stereocenters. The van der Waals surface area contributed by atoms with E-state index in [-0.39, 0.29) is 17.9 Å². The zero-order valence-electron chi connectivity index (χ0n) is 14.6. The zero-order valence-corrected chi connectivity index (χ0v) is 14.6. The Kier molecular flexibility index (Phi) is 5.14. The van der Waals surface area contributed by atoms with E-state index in [1.807, 2.05) is 26.0 Å². The molecule has 0 bridgehead atoms. The predicted octanol–water partition coefficient (Wildman–Crippen LogP) is 2.17. The molecule has 24 heavy (non-hydrogen) atoms. The molecule has 0 radical (unpaired) electrons. The van der Waals surface area contributed by atoms with Gasteiger partial charge in [-0.2, -0.15) is 0 Å². The molecule has 3 rings (SSSR count). The average Bonchev–Trinajstić information content (AvgIpc) is 3.07. The van der Waals surface area contributed by atoms with Crippen molar-refractivity contribution >= 4 is 11.7 Å². The Morgan fingerprint density at radius 1 is 1.25 bits per heavy atom. The van der Waals surface area contributed by atoms with Crippen LogP contribution in [0.4, 0.5) is 5.69 Å². The first kappa shape index (κ1) is 16.9. The van der Waals surface area contributed by atoms with E-state index >= 15 is 0 Å². The lowest BCUT2D eigenvalue weighted by Crippen LogP contribution is -2.51. The summed E-state index contributed by atoms with van der Waals surface area (Å²) in [6.07, 6.45) is 1.99. The molecule has 2 aliphatic rings. The van der Waals surface area contributed by atoms with E-state index < -0.39 is 0 Å². The fourth-order valence-corrected chi connectivity index (χ4v) is 3.30. The van der Waals surface area contributed by atoms with Crippen LogP contribution in [0.1, 0.15) is 26.7 Å². The number of hydrogen-bond donors (Lipinski definition) is 1. The number of fused-ring (bicyclic) bond motifs is 1. The van der Waals surface area contributed by atoms with E-state index in [0.29, 0.717) is 12.8 Å². The van der Waals surface area contributed by atoms with Crippen molar-refractivity contribution in [3.05, 3.63) is 18.2 Å². The Hall–Kier alpha value is -1.95. The highest BCUT2D eigenvalue weighted by Crippen LogP contribution is 2.36. The standard InChI is InChI=1S/C18H26N2O4/c1-12(2)17(18(21)22-3)19-13-6-8-20(9-7-13)14-4-5-15-16(10-14)24-11-23-15/h4-5,10,12-13,17,19H,6-9,11H2,1-3H3/t17-/m0/s1. The first-order valence-electron chi connectivity index (χ1n) is 8.57. The number of methoxy groups -OCH3 is 1. The third-order valence-corrected chi connectivity index (χ3v) is 4.75. The van der Waals surface area contributed by atoms with Crippen molar-refractivity contribution in [3.63, 3.8) is 0 Å². The number of hydrogen-bond acceptors (Lipinski definition) is 6. The number of esters is 1. The number of benzene rings is 1. The molecule has 2 heterocycles. The van der Waals surface area contributed by atoms with Crippen LogP contribution < -0.4 is 19.7 Å². The number of nitrogens with zero attached hydrogens (tertiary/aromatic N) is 1. The maximum absolute atomic E-state index is 11.9. The predicted molar refractivity (Wildman–Crippen MR) is 91.6 cm³/mol. The van der Waals surface area contributed by atoms with Crippen molar-refractivity contribution in [2.75, 3.05) is 31.9 Å². The molecule has 0 aliphatic carbocycles. The van der Waals surface area contributed by atoms with Crippen LogP contribution in [-0.2, 0) is 9.53 Å². The maximum Gasteiger partial charge on any atom is 0.323 e. The fraction of sp³-hybridized carbons (Fsp3) is 0.611. The minimum absolute atomic E-state index is 0.178. The lowest BCUT2D eigenvalue weighted by molar-refractivity contribution is -0.144. The van der Waals surface area contributed by atoms with Crippen molar-refractivity contribution in [1.29, 1.82) is 0 Å². The number of ether oxygens (including phenoxy) is 3. The number of carbonyl (C=O) groups is 1. The van der Waals surface area contributed by atoms with E-state index in [0.717, 1.165) is 43.1 Å². The Labute approximate surface area is 143 Å². The molecular weight excluding hydrogens is 308 g/mol. The van der Waals surface area contributed by atoms with Crippen LogP contribution in [0.15, 0.2) is 18.2 Å². The average molecular weight is 334 g/mol. The first-order valence-corrected chi connectivity index (χ1v) is 8.57. The monoisotopic (exact) mass is 334 g/mol. The van der Waals surface area contributed by atoms with Crippen LogP contribution in [0.3, 0.4) is 0 Å². The van der Waals surface area contributed by atoms with Gasteiger partial charge in [-0.1, -0.05) is 13.8 Å². The van der Waals surface area contributed by atoms with Crippen LogP contribution >= 0.6 is 0 Å². The third-order valence-electron chi connectivity index (χ3n) is 4.75. The van der Waals surface area contributed by atoms with Gasteiger partial charge in [-0.15, -0.1) is 0 Å². The fourth-order valence-electron chi connectivity index (χ4n) is 3.30. The first-order chi connectivity index (χ1) is 11.6. The SMILES string of the molecule is COC(=O)[C@@H](NC1CCN(c2ccc3c(c2)OCO3)CC1)C(C)C. The summed E-state index contributed by atoms with van der Waals surface area (Å²) in [5.74, 6) is 1.67. The maximum atomic E-state index is 11.9. The summed E-state index contributed by atoms with van der Waals surface area (Å²) in [5, 5.41) is 3.47. The Bertz CT molecular complexity index is 582. The molecule has 0 amide bonds. The molecule has 1 N–H and O–H groups in total. The number of nitrogens with one attached hydrogen (secondary N) is 1. The van der Waals surface area contributed by atoms with Crippen LogP contribution in [0.25, 0.3) is 0 Å². The van der Waals surface area contributed by atoms with E-state index in [1.165, 1.54) is 7.11 Å². The van der Waals surface area contributed by atoms with Crippen LogP contribution in [0, 0.1) is 5.92 Å². The largest absolute Gasteiger partial charge is 0.468 e. The summed E-state index contributed by atoms with van der Waals surface area (Å²) in [5.41, 5.74) is 1.16. The molecule has 1 atom stereocenters. The Morgan fingerprint density at radius 2 is 1.96 bits per heavy atom. The van der Waals surface area contributed by atoms with Crippen LogP contribution in [0.5, 0.6) is 11.5 Å². The Morgan fingerprint density at radius 3 is 2.62 bits per heavy atom. The highest BCUT2D eigenvalue weighted by atomic mass is 16.7. The third kappa shape index (κ3) is 3.59. The minimum Gasteiger partial charge on any atom is -0.468 e. The molecule has 132 valence electrons. The van der Waals surface area contributed by atoms with Gasteiger partial charge < -0.3 is 24.4 Å². The molecule has 1 aromatic rings. The molecule has 1 aromatic carbocycles. The van der Waals surface area contributed by atoms with Gasteiger partial charge in [-0.25, -0.2) is 0 Å². The van der Waals surface area contributed by atoms with Gasteiger partial charge >= 0.3 is 5.97 Å². The van der Waals surface area contributed by atoms with E-state index in [1.54, 1.807) is 0 Å². The number of carbonyl (C=O) groups excluding carboxylic acids is 1. The summed E-state index contributed by atoms with van der Waals surface area (Å²) >= 11 is 0. The molecule has 0 spiro atoms. The quantitative estimate of drug-likeness (QED) is 0.833. The second kappa shape index (κ2) is 7.30. The lowest BCUT2D eigenvalue weighted by atomic mass is 9.99. The van der Waals surface area contributed by atoms with Crippen molar-refractivity contribution in [1.82, 2.24) is 5.32 Å². The molecule has 0 aromatic heterocycles. The summed E-state index contributed by atoms with van der Waals surface area (Å²) in [6.45, 7) is 6.27. The van der Waals surface area contributed by atoms with Gasteiger partial charge in [-0.3, -0.25) is 4.79 Å². The van der Waals surface area contributed by atoms with E-state index in [4.69, 9.17) is 14.2 Å². The molecule has 2 aliphatic heterocycles. The second-order valence-corrected chi connectivity index (χ2v) is 6.71. The van der Waals surface area contributed by atoms with Gasteiger partial charge in [0, 0.05) is 30.9 Å². The number of anilines is 1. The normalized spacial score (nSPS) is 18.8. The summed E-state index contributed by atoms with van der Waals surface area (Å²) in [4.78, 5) is 14.3. The van der Waals surface area contributed by atoms with Gasteiger partial charge in [0.2, 0.25) is 6.79 Å². The molecule has 1 fully saturated rings. The molecular formula is C18H26N2O4. The number of rotatable bonds is 5. The van der Waals surface area contributed by atoms with E-state index in [9.17, 15) is 4.79 Å². The number of piperidine rings is 1. The van der Waals surface area contributed by atoms with E-state index in [2.05, 4.69) is 16.3 Å². The topological polar surface area (TPSA) is 60.0 Å². The summed E-state index contributed by atoms with van der Waals surface area (Å²) in [7, 11) is 1.45. The highest BCUT2D eigenvalue weighted by Gasteiger charge is 2.28. The molecule has 1 saturated heterocycles. The molecule has 6 nitrogen and oxygen atoms in total. The summed E-state index contributed by atoms with van der Waals surface area (Å²) in [6, 6.07) is 6.18. The van der Waals surface area contributed by atoms with Crippen molar-refractivity contribution in [3.8, 4) is 11.5 Å². The minimum atomic E-state index is -0.239.